The first-order valence-corrected chi connectivity index (χ1v) is 7.58. The SMILES string of the molecule is COc1cc(-c2ccc(Cl)s2)cc2oc(=O)c(C)c(C)c12. The Morgan fingerprint density at radius 2 is 1.95 bits per heavy atom. The monoisotopic (exact) mass is 320 g/mol. The maximum atomic E-state index is 11.9. The molecule has 0 aliphatic carbocycles. The lowest BCUT2D eigenvalue weighted by molar-refractivity contribution is 0.418. The minimum absolute atomic E-state index is 0.316. The van der Waals surface area contributed by atoms with Gasteiger partial charge in [-0.15, -0.1) is 11.3 Å². The number of hydrogen-bond acceptors (Lipinski definition) is 4. The van der Waals surface area contributed by atoms with E-state index in [0.717, 1.165) is 21.4 Å². The number of fused-ring (bicyclic) bond motifs is 1. The topological polar surface area (TPSA) is 39.4 Å². The van der Waals surface area contributed by atoms with Crippen molar-refractivity contribution in [3.63, 3.8) is 0 Å². The van der Waals surface area contributed by atoms with Gasteiger partial charge in [-0.25, -0.2) is 4.79 Å². The van der Waals surface area contributed by atoms with E-state index in [1.165, 1.54) is 11.3 Å². The van der Waals surface area contributed by atoms with Crippen LogP contribution in [-0.2, 0) is 0 Å². The average Bonchev–Trinajstić information content (AvgIpc) is 2.90. The molecule has 0 aliphatic heterocycles. The lowest BCUT2D eigenvalue weighted by atomic mass is 10.0. The minimum atomic E-state index is -0.316. The number of hydrogen-bond donors (Lipinski definition) is 0. The quantitative estimate of drug-likeness (QED) is 0.637. The molecule has 0 saturated heterocycles. The molecule has 0 radical (unpaired) electrons. The van der Waals surface area contributed by atoms with Crippen LogP contribution in [0.1, 0.15) is 11.1 Å². The predicted octanol–water partition coefficient (Wildman–Crippen LogP) is 4.80. The molecule has 21 heavy (non-hydrogen) atoms. The number of benzene rings is 1. The first-order chi connectivity index (χ1) is 10.0. The predicted molar refractivity (Wildman–Crippen MR) is 86.8 cm³/mol. The van der Waals surface area contributed by atoms with Gasteiger partial charge < -0.3 is 9.15 Å². The van der Waals surface area contributed by atoms with Gasteiger partial charge in [-0.2, -0.15) is 0 Å². The van der Waals surface area contributed by atoms with E-state index in [2.05, 4.69) is 0 Å². The highest BCUT2D eigenvalue weighted by atomic mass is 35.5. The van der Waals surface area contributed by atoms with E-state index in [4.69, 9.17) is 20.8 Å². The van der Waals surface area contributed by atoms with Gasteiger partial charge in [-0.3, -0.25) is 0 Å². The van der Waals surface area contributed by atoms with Gasteiger partial charge in [0.1, 0.15) is 11.3 Å². The zero-order valence-corrected chi connectivity index (χ0v) is 13.4. The third kappa shape index (κ3) is 2.34. The Balaban J connectivity index is 2.37. The van der Waals surface area contributed by atoms with E-state index in [1.54, 1.807) is 14.0 Å². The third-order valence-electron chi connectivity index (χ3n) is 3.59. The second-order valence-electron chi connectivity index (χ2n) is 4.79. The van der Waals surface area contributed by atoms with Crippen LogP contribution in [0.2, 0.25) is 4.34 Å². The van der Waals surface area contributed by atoms with Crippen LogP contribution in [0.4, 0.5) is 0 Å². The highest BCUT2D eigenvalue weighted by Crippen LogP contribution is 2.37. The summed E-state index contributed by atoms with van der Waals surface area (Å²) in [5.74, 6) is 0.691. The summed E-state index contributed by atoms with van der Waals surface area (Å²) in [6, 6.07) is 7.58. The Hall–Kier alpha value is -1.78. The van der Waals surface area contributed by atoms with Gasteiger partial charge in [-0.05, 0) is 49.2 Å². The number of ether oxygens (including phenoxy) is 1. The van der Waals surface area contributed by atoms with Crippen molar-refractivity contribution in [3.05, 3.63) is 50.1 Å². The molecule has 0 saturated carbocycles. The Morgan fingerprint density at radius 3 is 2.57 bits per heavy atom. The van der Waals surface area contributed by atoms with E-state index < -0.39 is 0 Å². The molecule has 2 aromatic heterocycles. The van der Waals surface area contributed by atoms with Crippen LogP contribution < -0.4 is 10.4 Å². The van der Waals surface area contributed by atoms with Crippen molar-refractivity contribution in [2.45, 2.75) is 13.8 Å². The fraction of sp³-hybridized carbons (Fsp3) is 0.188. The van der Waals surface area contributed by atoms with Crippen molar-refractivity contribution >= 4 is 33.9 Å². The van der Waals surface area contributed by atoms with Crippen LogP contribution in [0, 0.1) is 13.8 Å². The molecule has 3 rings (SSSR count). The summed E-state index contributed by atoms with van der Waals surface area (Å²) in [7, 11) is 1.61. The summed E-state index contributed by atoms with van der Waals surface area (Å²) in [6.45, 7) is 3.66. The number of rotatable bonds is 2. The van der Waals surface area contributed by atoms with Gasteiger partial charge in [0, 0.05) is 10.4 Å². The molecular formula is C16H13ClO3S. The summed E-state index contributed by atoms with van der Waals surface area (Å²) in [5.41, 5.74) is 2.62. The molecular weight excluding hydrogens is 308 g/mol. The van der Waals surface area contributed by atoms with Crippen molar-refractivity contribution in [2.75, 3.05) is 7.11 Å². The normalized spacial score (nSPS) is 11.0. The van der Waals surface area contributed by atoms with E-state index in [0.29, 0.717) is 21.2 Å². The number of halogens is 1. The molecule has 2 heterocycles. The van der Waals surface area contributed by atoms with Gasteiger partial charge in [-0.1, -0.05) is 11.6 Å². The van der Waals surface area contributed by atoms with E-state index in [1.807, 2.05) is 31.2 Å². The standard InChI is InChI=1S/C16H13ClO3S/c1-8-9(2)16(18)20-12-7-10(6-11(19-3)15(8)12)13-4-5-14(17)21-13/h4-7H,1-3H3. The molecule has 108 valence electrons. The van der Waals surface area contributed by atoms with Crippen molar-refractivity contribution in [1.82, 2.24) is 0 Å². The smallest absolute Gasteiger partial charge is 0.339 e. The van der Waals surface area contributed by atoms with Crippen LogP contribution in [-0.4, -0.2) is 7.11 Å². The number of methoxy groups -OCH3 is 1. The molecule has 0 spiro atoms. The van der Waals surface area contributed by atoms with Gasteiger partial charge in [0.15, 0.2) is 0 Å². The molecule has 1 aromatic carbocycles. The van der Waals surface area contributed by atoms with Crippen LogP contribution in [0.25, 0.3) is 21.4 Å². The number of aryl methyl sites for hydroxylation is 1. The molecule has 0 amide bonds. The van der Waals surface area contributed by atoms with Crippen molar-refractivity contribution in [3.8, 4) is 16.2 Å². The van der Waals surface area contributed by atoms with Gasteiger partial charge in [0.2, 0.25) is 0 Å². The van der Waals surface area contributed by atoms with Gasteiger partial charge in [0.25, 0.3) is 0 Å². The third-order valence-corrected chi connectivity index (χ3v) is 4.87. The minimum Gasteiger partial charge on any atom is -0.496 e. The summed E-state index contributed by atoms with van der Waals surface area (Å²) < 4.78 is 11.6. The maximum absolute atomic E-state index is 11.9. The maximum Gasteiger partial charge on any atom is 0.339 e. The largest absolute Gasteiger partial charge is 0.496 e. The molecule has 3 aromatic rings. The molecule has 0 aliphatic rings. The Bertz CT molecular complexity index is 892. The van der Waals surface area contributed by atoms with Crippen LogP contribution in [0.5, 0.6) is 5.75 Å². The number of thiophene rings is 1. The molecule has 5 heteroatoms. The summed E-state index contributed by atoms with van der Waals surface area (Å²) in [6.07, 6.45) is 0. The average molecular weight is 321 g/mol. The first kappa shape index (κ1) is 14.2. The zero-order chi connectivity index (χ0) is 15.1. The van der Waals surface area contributed by atoms with E-state index >= 15 is 0 Å². The van der Waals surface area contributed by atoms with Crippen LogP contribution >= 0.6 is 22.9 Å². The molecule has 0 atom stereocenters. The summed E-state index contributed by atoms with van der Waals surface area (Å²) in [4.78, 5) is 12.9. The second kappa shape index (κ2) is 5.20. The summed E-state index contributed by atoms with van der Waals surface area (Å²) in [5, 5.41) is 0.834. The Kier molecular flexibility index (Phi) is 3.51. The van der Waals surface area contributed by atoms with E-state index in [-0.39, 0.29) is 5.63 Å². The lowest BCUT2D eigenvalue weighted by Gasteiger charge is -2.11. The molecule has 3 nitrogen and oxygen atoms in total. The van der Waals surface area contributed by atoms with Crippen LogP contribution in [0.3, 0.4) is 0 Å². The fourth-order valence-corrected chi connectivity index (χ4v) is 3.36. The molecule has 0 fully saturated rings. The van der Waals surface area contributed by atoms with Crippen molar-refractivity contribution in [2.24, 2.45) is 0 Å². The van der Waals surface area contributed by atoms with Crippen LogP contribution in [0.15, 0.2) is 33.5 Å². The summed E-state index contributed by atoms with van der Waals surface area (Å²) >= 11 is 7.46. The molecule has 0 bridgehead atoms. The zero-order valence-electron chi connectivity index (χ0n) is 11.8. The van der Waals surface area contributed by atoms with Crippen molar-refractivity contribution in [1.29, 1.82) is 0 Å². The lowest BCUT2D eigenvalue weighted by Crippen LogP contribution is -2.06. The second-order valence-corrected chi connectivity index (χ2v) is 6.51. The van der Waals surface area contributed by atoms with E-state index in [9.17, 15) is 4.79 Å². The van der Waals surface area contributed by atoms with Gasteiger partial charge in [0.05, 0.1) is 16.8 Å². The first-order valence-electron chi connectivity index (χ1n) is 6.39. The Morgan fingerprint density at radius 1 is 1.19 bits per heavy atom. The highest BCUT2D eigenvalue weighted by Gasteiger charge is 2.15. The molecule has 0 unspecified atom stereocenters. The fourth-order valence-electron chi connectivity index (χ4n) is 2.33. The van der Waals surface area contributed by atoms with Gasteiger partial charge >= 0.3 is 5.63 Å². The molecule has 0 N–H and O–H groups in total. The Labute approximate surface area is 130 Å². The highest BCUT2D eigenvalue weighted by molar-refractivity contribution is 7.19. The van der Waals surface area contributed by atoms with Crippen molar-refractivity contribution < 1.29 is 9.15 Å².